The largest absolute Gasteiger partial charge is 0.434 e. The number of hydrogen-bond donors (Lipinski definition) is 1. The van der Waals surface area contributed by atoms with Crippen LogP contribution in [0.1, 0.15) is 16.1 Å². The van der Waals surface area contributed by atoms with Gasteiger partial charge in [-0.05, 0) is 31.2 Å². The normalized spacial score (nSPS) is 10.7. The van der Waals surface area contributed by atoms with Crippen LogP contribution in [0.15, 0.2) is 54.6 Å². The first kappa shape index (κ1) is 19.0. The molecule has 0 spiro atoms. The van der Waals surface area contributed by atoms with Gasteiger partial charge in [-0.15, -0.1) is 0 Å². The number of benzene rings is 2. The monoisotopic (exact) mass is 388 g/mol. The molecule has 1 N–H and O–H groups in total. The lowest BCUT2D eigenvalue weighted by molar-refractivity contribution is -0.384. The maximum Gasteiger partial charge on any atom is 0.387 e. The fourth-order valence-electron chi connectivity index (χ4n) is 2.54. The van der Waals surface area contributed by atoms with Crippen LogP contribution in [0.5, 0.6) is 5.75 Å². The van der Waals surface area contributed by atoms with Crippen molar-refractivity contribution in [3.8, 4) is 11.4 Å². The van der Waals surface area contributed by atoms with E-state index in [-0.39, 0.29) is 22.8 Å². The Morgan fingerprint density at radius 2 is 1.89 bits per heavy atom. The number of non-ortho nitro benzene ring substituents is 1. The SMILES string of the molecule is Cc1cc(NC(=O)c2ccccc2OC(F)F)n(-c2ccc([N+](=O)[O-])cc2)n1. The van der Waals surface area contributed by atoms with Crippen molar-refractivity contribution in [3.05, 3.63) is 76.0 Å². The molecule has 0 bridgehead atoms. The van der Waals surface area contributed by atoms with E-state index in [0.29, 0.717) is 11.4 Å². The number of nitrogens with one attached hydrogen (secondary N) is 1. The Hall–Kier alpha value is -3.82. The molecule has 0 radical (unpaired) electrons. The molecule has 3 aromatic rings. The van der Waals surface area contributed by atoms with E-state index in [1.165, 1.54) is 53.2 Å². The summed E-state index contributed by atoms with van der Waals surface area (Å²) in [4.78, 5) is 22.9. The van der Waals surface area contributed by atoms with Crippen molar-refractivity contribution in [1.82, 2.24) is 9.78 Å². The van der Waals surface area contributed by atoms with E-state index in [2.05, 4.69) is 15.2 Å². The van der Waals surface area contributed by atoms with Crippen molar-refractivity contribution in [2.45, 2.75) is 13.5 Å². The second-order valence-electron chi connectivity index (χ2n) is 5.69. The number of alkyl halides is 2. The molecule has 0 fully saturated rings. The minimum absolute atomic E-state index is 0.0723. The molecule has 0 aliphatic carbocycles. The minimum atomic E-state index is -3.07. The predicted octanol–water partition coefficient (Wildman–Crippen LogP) is 3.94. The molecule has 3 rings (SSSR count). The van der Waals surface area contributed by atoms with Crippen molar-refractivity contribution in [1.29, 1.82) is 0 Å². The second-order valence-corrected chi connectivity index (χ2v) is 5.69. The van der Waals surface area contributed by atoms with Gasteiger partial charge in [-0.25, -0.2) is 4.68 Å². The molecule has 8 nitrogen and oxygen atoms in total. The lowest BCUT2D eigenvalue weighted by Crippen LogP contribution is -2.17. The number of carbonyl (C=O) groups excluding carboxylic acids is 1. The van der Waals surface area contributed by atoms with Crippen molar-refractivity contribution >= 4 is 17.4 Å². The number of aromatic nitrogens is 2. The summed E-state index contributed by atoms with van der Waals surface area (Å²) >= 11 is 0. The van der Waals surface area contributed by atoms with Crippen molar-refractivity contribution in [2.24, 2.45) is 0 Å². The molecule has 0 saturated heterocycles. The predicted molar refractivity (Wildman–Crippen MR) is 96.0 cm³/mol. The highest BCUT2D eigenvalue weighted by Gasteiger charge is 2.18. The number of aryl methyl sites for hydroxylation is 1. The van der Waals surface area contributed by atoms with Crippen molar-refractivity contribution in [3.63, 3.8) is 0 Å². The third kappa shape index (κ3) is 4.11. The molecule has 10 heteroatoms. The Kier molecular flexibility index (Phi) is 5.30. The first-order valence-electron chi connectivity index (χ1n) is 8.02. The summed E-state index contributed by atoms with van der Waals surface area (Å²) in [5, 5.41) is 17.6. The Balaban J connectivity index is 1.90. The summed E-state index contributed by atoms with van der Waals surface area (Å²) in [5.74, 6) is -0.657. The Morgan fingerprint density at radius 3 is 2.54 bits per heavy atom. The van der Waals surface area contributed by atoms with E-state index in [0.717, 1.165) is 0 Å². The zero-order valence-electron chi connectivity index (χ0n) is 14.5. The van der Waals surface area contributed by atoms with E-state index in [1.807, 2.05) is 0 Å². The van der Waals surface area contributed by atoms with Crippen LogP contribution >= 0.6 is 0 Å². The Labute approximate surface area is 157 Å². The van der Waals surface area contributed by atoms with E-state index in [9.17, 15) is 23.7 Å². The lowest BCUT2D eigenvalue weighted by Gasteiger charge is -2.12. The van der Waals surface area contributed by atoms with E-state index >= 15 is 0 Å². The molecule has 0 aliphatic heterocycles. The molecular formula is C18H14F2N4O4. The van der Waals surface area contributed by atoms with Gasteiger partial charge in [-0.2, -0.15) is 13.9 Å². The summed E-state index contributed by atoms with van der Waals surface area (Å²) in [6.45, 7) is -1.37. The zero-order valence-corrected chi connectivity index (χ0v) is 14.5. The molecule has 1 heterocycles. The zero-order chi connectivity index (χ0) is 20.3. The van der Waals surface area contributed by atoms with Gasteiger partial charge in [0, 0.05) is 18.2 Å². The van der Waals surface area contributed by atoms with Gasteiger partial charge < -0.3 is 10.1 Å². The highest BCUT2D eigenvalue weighted by Crippen LogP contribution is 2.24. The Morgan fingerprint density at radius 1 is 1.21 bits per heavy atom. The standard InChI is InChI=1S/C18H14F2N4O4/c1-11-10-16(23(22-11)12-6-8-13(9-7-12)24(26)27)21-17(25)14-4-2-3-5-15(14)28-18(19)20/h2-10,18H,1H3,(H,21,25). The van der Waals surface area contributed by atoms with Gasteiger partial charge in [-0.3, -0.25) is 14.9 Å². The van der Waals surface area contributed by atoms with Gasteiger partial charge in [-0.1, -0.05) is 12.1 Å². The van der Waals surface area contributed by atoms with E-state index < -0.39 is 17.4 Å². The molecule has 144 valence electrons. The topological polar surface area (TPSA) is 99.3 Å². The fourth-order valence-corrected chi connectivity index (χ4v) is 2.54. The minimum Gasteiger partial charge on any atom is -0.434 e. The third-order valence-electron chi connectivity index (χ3n) is 3.73. The average molecular weight is 388 g/mol. The van der Waals surface area contributed by atoms with Crippen LogP contribution in [-0.2, 0) is 0 Å². The smallest absolute Gasteiger partial charge is 0.387 e. The summed E-state index contributed by atoms with van der Waals surface area (Å²) in [5.41, 5.74) is 0.894. The van der Waals surface area contributed by atoms with Gasteiger partial charge in [0.25, 0.3) is 11.6 Å². The van der Waals surface area contributed by atoms with Crippen LogP contribution in [0, 0.1) is 17.0 Å². The molecule has 1 aromatic heterocycles. The number of nitro benzene ring substituents is 1. The van der Waals surface area contributed by atoms with Crippen LogP contribution in [0.2, 0.25) is 0 Å². The average Bonchev–Trinajstić information content (AvgIpc) is 3.01. The quantitative estimate of drug-likeness (QED) is 0.509. The lowest BCUT2D eigenvalue weighted by atomic mass is 10.2. The van der Waals surface area contributed by atoms with E-state index in [4.69, 9.17) is 0 Å². The molecule has 1 amide bonds. The van der Waals surface area contributed by atoms with Gasteiger partial charge in [0.15, 0.2) is 0 Å². The molecule has 0 unspecified atom stereocenters. The number of nitro groups is 1. The summed E-state index contributed by atoms with van der Waals surface area (Å²) in [6, 6.07) is 12.8. The number of rotatable bonds is 6. The van der Waals surface area contributed by atoms with Crippen molar-refractivity contribution in [2.75, 3.05) is 5.32 Å². The number of amides is 1. The molecule has 0 saturated carbocycles. The second kappa shape index (κ2) is 7.82. The van der Waals surface area contributed by atoms with E-state index in [1.54, 1.807) is 13.0 Å². The number of halogens is 2. The molecule has 0 aliphatic rings. The molecule has 0 atom stereocenters. The number of hydrogen-bond acceptors (Lipinski definition) is 5. The third-order valence-corrected chi connectivity index (χ3v) is 3.73. The number of anilines is 1. The Bertz CT molecular complexity index is 1020. The first-order valence-corrected chi connectivity index (χ1v) is 8.02. The van der Waals surface area contributed by atoms with Crippen LogP contribution in [0.25, 0.3) is 5.69 Å². The number of ether oxygens (including phenoxy) is 1. The van der Waals surface area contributed by atoms with Crippen molar-refractivity contribution < 1.29 is 23.2 Å². The molecule has 28 heavy (non-hydrogen) atoms. The maximum absolute atomic E-state index is 12.6. The summed E-state index contributed by atoms with van der Waals surface area (Å²) in [7, 11) is 0. The number of para-hydroxylation sites is 1. The van der Waals surface area contributed by atoms with Crippen LogP contribution in [0.3, 0.4) is 0 Å². The number of carbonyl (C=O) groups is 1. The highest BCUT2D eigenvalue weighted by atomic mass is 19.3. The van der Waals surface area contributed by atoms with Gasteiger partial charge >= 0.3 is 6.61 Å². The maximum atomic E-state index is 12.6. The summed E-state index contributed by atoms with van der Waals surface area (Å²) < 4.78 is 30.9. The van der Waals surface area contributed by atoms with Crippen LogP contribution in [-0.4, -0.2) is 27.2 Å². The molecular weight excluding hydrogens is 374 g/mol. The number of nitrogens with zero attached hydrogens (tertiary/aromatic N) is 3. The van der Waals surface area contributed by atoms with Gasteiger partial charge in [0.2, 0.25) is 0 Å². The first-order chi connectivity index (χ1) is 13.3. The van der Waals surface area contributed by atoms with Crippen LogP contribution in [0.4, 0.5) is 20.3 Å². The fraction of sp³-hybridized carbons (Fsp3) is 0.111. The van der Waals surface area contributed by atoms with Crippen LogP contribution < -0.4 is 10.1 Å². The van der Waals surface area contributed by atoms with Gasteiger partial charge in [0.05, 0.1) is 21.9 Å². The molecule has 2 aromatic carbocycles. The van der Waals surface area contributed by atoms with Gasteiger partial charge in [0.1, 0.15) is 11.6 Å². The highest BCUT2D eigenvalue weighted by molar-refractivity contribution is 6.05. The summed E-state index contributed by atoms with van der Waals surface area (Å²) in [6.07, 6.45) is 0.